The number of fused-ring (bicyclic) bond motifs is 3. The van der Waals surface area contributed by atoms with Gasteiger partial charge in [-0.05, 0) is 0 Å². The Bertz CT molecular complexity index is 966. The van der Waals surface area contributed by atoms with Gasteiger partial charge in [0.15, 0.2) is 0 Å². The third-order valence-electron chi connectivity index (χ3n) is 6.36. The predicted molar refractivity (Wildman–Crippen MR) is 120 cm³/mol. The molecule has 2 nitrogen and oxygen atoms in total. The Hall–Kier alpha value is -1.57. The van der Waals surface area contributed by atoms with Crippen LogP contribution in [0, 0.1) is 11.7 Å². The SMILES string of the molecule is CCC(CCC1OCCc2c1[nH]c1ccccc21)C(c1cccc(F)c1)[As](C)C. The second kappa shape index (κ2) is 9.06. The van der Waals surface area contributed by atoms with E-state index in [1.807, 2.05) is 6.07 Å². The normalized spacial score (nSPS) is 18.7. The van der Waals surface area contributed by atoms with E-state index < -0.39 is 14.7 Å². The first-order valence-corrected chi connectivity index (χ1v) is 15.5. The van der Waals surface area contributed by atoms with Crippen LogP contribution in [0.15, 0.2) is 48.5 Å². The van der Waals surface area contributed by atoms with Crippen molar-refractivity contribution in [2.45, 2.75) is 54.8 Å². The summed E-state index contributed by atoms with van der Waals surface area (Å²) in [5.74, 6) is 0.460. The van der Waals surface area contributed by atoms with Crippen molar-refractivity contribution in [3.63, 3.8) is 0 Å². The summed E-state index contributed by atoms with van der Waals surface area (Å²) in [4.78, 5) is 3.63. The van der Waals surface area contributed by atoms with Gasteiger partial charge in [0, 0.05) is 0 Å². The second-order valence-electron chi connectivity index (χ2n) is 8.38. The van der Waals surface area contributed by atoms with E-state index in [9.17, 15) is 4.39 Å². The van der Waals surface area contributed by atoms with E-state index in [1.54, 1.807) is 12.1 Å². The molecule has 3 atom stereocenters. The van der Waals surface area contributed by atoms with Crippen molar-refractivity contribution in [3.05, 3.63) is 71.2 Å². The van der Waals surface area contributed by atoms with Gasteiger partial charge in [-0.2, -0.15) is 0 Å². The quantitative estimate of drug-likeness (QED) is 0.389. The topological polar surface area (TPSA) is 25.0 Å². The van der Waals surface area contributed by atoms with Crippen molar-refractivity contribution in [3.8, 4) is 0 Å². The summed E-state index contributed by atoms with van der Waals surface area (Å²) in [5.41, 5.74) is 9.92. The molecule has 1 aliphatic rings. The van der Waals surface area contributed by atoms with Gasteiger partial charge in [0.05, 0.1) is 0 Å². The Morgan fingerprint density at radius 3 is 2.76 bits per heavy atom. The first kappa shape index (κ1) is 20.7. The molecule has 3 aromatic rings. The van der Waals surface area contributed by atoms with Crippen LogP contribution in [0.4, 0.5) is 4.39 Å². The summed E-state index contributed by atoms with van der Waals surface area (Å²) in [6, 6.07) is 15.9. The number of para-hydroxylation sites is 1. The van der Waals surface area contributed by atoms with Crippen molar-refractivity contribution in [2.75, 3.05) is 6.61 Å². The van der Waals surface area contributed by atoms with Gasteiger partial charge in [-0.15, -0.1) is 0 Å². The van der Waals surface area contributed by atoms with Gasteiger partial charge in [0.1, 0.15) is 0 Å². The third-order valence-corrected chi connectivity index (χ3v) is 10.2. The Morgan fingerprint density at radius 1 is 1.17 bits per heavy atom. The van der Waals surface area contributed by atoms with Crippen molar-refractivity contribution in [1.82, 2.24) is 4.98 Å². The molecule has 4 heteroatoms. The number of hydrogen-bond donors (Lipinski definition) is 1. The fourth-order valence-electron chi connectivity index (χ4n) is 5.01. The molecule has 0 spiro atoms. The van der Waals surface area contributed by atoms with Crippen LogP contribution in [0.3, 0.4) is 0 Å². The van der Waals surface area contributed by atoms with Crippen LogP contribution >= 0.6 is 0 Å². The molecule has 1 N–H and O–H groups in total. The predicted octanol–water partition coefficient (Wildman–Crippen LogP) is 6.80. The van der Waals surface area contributed by atoms with Gasteiger partial charge in [-0.25, -0.2) is 0 Å². The van der Waals surface area contributed by atoms with E-state index in [0.29, 0.717) is 10.6 Å². The standard InChI is InChI=1S/C25H31AsFNO/c1-4-17(24(26(2)3)18-8-7-9-19(27)16-18)12-13-23-25-21(14-15-29-23)20-10-5-6-11-22(20)28-25/h5-11,16-17,23-24,28H,4,12-15H2,1-3H3. The number of halogens is 1. The van der Waals surface area contributed by atoms with Crippen LogP contribution in [0.2, 0.25) is 11.4 Å². The number of aromatic amines is 1. The summed E-state index contributed by atoms with van der Waals surface area (Å²) in [5, 5.41) is 1.34. The summed E-state index contributed by atoms with van der Waals surface area (Å²) in [6.07, 6.45) is 4.39. The zero-order chi connectivity index (χ0) is 20.4. The molecule has 4 rings (SSSR count). The van der Waals surface area contributed by atoms with Gasteiger partial charge in [-0.1, -0.05) is 0 Å². The maximum absolute atomic E-state index is 13.9. The molecule has 3 unspecified atom stereocenters. The van der Waals surface area contributed by atoms with Crippen LogP contribution in [0.25, 0.3) is 10.9 Å². The number of nitrogens with one attached hydrogen (secondary N) is 1. The van der Waals surface area contributed by atoms with Crippen molar-refractivity contribution in [1.29, 1.82) is 0 Å². The van der Waals surface area contributed by atoms with Crippen LogP contribution < -0.4 is 0 Å². The van der Waals surface area contributed by atoms with Crippen molar-refractivity contribution in [2.24, 2.45) is 5.92 Å². The van der Waals surface area contributed by atoms with Crippen molar-refractivity contribution >= 4 is 25.6 Å². The fourth-order valence-corrected chi connectivity index (χ4v) is 9.12. The molecule has 1 aliphatic heterocycles. The Morgan fingerprint density at radius 2 is 2.00 bits per heavy atom. The first-order valence-electron chi connectivity index (χ1n) is 10.7. The first-order chi connectivity index (χ1) is 14.1. The molecule has 0 aliphatic carbocycles. The number of aromatic nitrogens is 1. The number of hydrogen-bond acceptors (Lipinski definition) is 1. The van der Waals surface area contributed by atoms with Crippen LogP contribution in [-0.2, 0) is 11.2 Å². The molecule has 2 aromatic carbocycles. The molecule has 0 radical (unpaired) electrons. The van der Waals surface area contributed by atoms with E-state index in [1.165, 1.54) is 27.7 Å². The molecule has 1 aromatic heterocycles. The number of H-pyrrole nitrogens is 1. The van der Waals surface area contributed by atoms with Gasteiger partial charge >= 0.3 is 178 Å². The Balaban J connectivity index is 1.54. The summed E-state index contributed by atoms with van der Waals surface area (Å²) >= 11 is -1.06. The Kier molecular flexibility index (Phi) is 6.46. The van der Waals surface area contributed by atoms with Gasteiger partial charge in [0.2, 0.25) is 0 Å². The molecule has 154 valence electrons. The average molecular weight is 455 g/mol. The maximum atomic E-state index is 13.9. The zero-order valence-electron chi connectivity index (χ0n) is 17.6. The molecular formula is C25H31AsFNO. The van der Waals surface area contributed by atoms with Crippen LogP contribution in [0.1, 0.15) is 53.8 Å². The number of rotatable bonds is 7. The summed E-state index contributed by atoms with van der Waals surface area (Å²) in [7, 11) is 0. The zero-order valence-corrected chi connectivity index (χ0v) is 19.5. The Labute approximate surface area is 178 Å². The molecule has 0 fully saturated rings. The molecule has 29 heavy (non-hydrogen) atoms. The van der Waals surface area contributed by atoms with E-state index in [2.05, 4.69) is 53.7 Å². The molecule has 2 heterocycles. The van der Waals surface area contributed by atoms with Gasteiger partial charge in [-0.3, -0.25) is 0 Å². The van der Waals surface area contributed by atoms with Crippen molar-refractivity contribution < 1.29 is 9.13 Å². The molecule has 0 amide bonds. The average Bonchev–Trinajstić information content (AvgIpc) is 3.10. The van der Waals surface area contributed by atoms with Crippen LogP contribution in [0.5, 0.6) is 0 Å². The summed E-state index contributed by atoms with van der Waals surface area (Å²) < 4.78 is 20.6. The second-order valence-corrected chi connectivity index (χ2v) is 13.6. The molecule has 0 saturated carbocycles. The molecular weight excluding hydrogens is 424 g/mol. The van der Waals surface area contributed by atoms with E-state index in [-0.39, 0.29) is 11.9 Å². The molecule has 0 bridgehead atoms. The minimum atomic E-state index is -1.06. The van der Waals surface area contributed by atoms with Gasteiger partial charge in [0.25, 0.3) is 0 Å². The number of ether oxygens (including phenoxy) is 1. The monoisotopic (exact) mass is 455 g/mol. The van der Waals surface area contributed by atoms with E-state index in [0.717, 1.165) is 32.3 Å². The number of benzene rings is 2. The minimum absolute atomic E-state index is 0.114. The summed E-state index contributed by atoms with van der Waals surface area (Å²) in [6.45, 7) is 3.08. The van der Waals surface area contributed by atoms with E-state index >= 15 is 0 Å². The van der Waals surface area contributed by atoms with Crippen LogP contribution in [-0.4, -0.2) is 26.2 Å². The van der Waals surface area contributed by atoms with Gasteiger partial charge < -0.3 is 0 Å². The fraction of sp³-hybridized carbons (Fsp3) is 0.440. The third kappa shape index (κ3) is 4.32. The van der Waals surface area contributed by atoms with E-state index in [4.69, 9.17) is 4.74 Å². The molecule has 0 saturated heterocycles.